The number of aryl methyl sites for hydroxylation is 1. The van der Waals surface area contributed by atoms with Crippen LogP contribution in [-0.2, 0) is 5.54 Å². The Hall–Kier alpha value is -1.94. The monoisotopic (exact) mass is 277 g/mol. The average molecular weight is 277 g/mol. The van der Waals surface area contributed by atoms with Gasteiger partial charge in [-0.15, -0.1) is 0 Å². The highest BCUT2D eigenvalue weighted by molar-refractivity contribution is 5.46. The van der Waals surface area contributed by atoms with Crippen LogP contribution in [0.15, 0.2) is 36.4 Å². The molecular formula is C16H17F2NO. The summed E-state index contributed by atoms with van der Waals surface area (Å²) in [6, 6.07) is 8.90. The molecule has 20 heavy (non-hydrogen) atoms. The fourth-order valence-corrected chi connectivity index (χ4v) is 2.16. The van der Waals surface area contributed by atoms with E-state index in [0.29, 0.717) is 22.4 Å². The molecule has 2 aromatic carbocycles. The van der Waals surface area contributed by atoms with Crippen LogP contribution in [0, 0.1) is 18.6 Å². The van der Waals surface area contributed by atoms with E-state index in [9.17, 15) is 8.78 Å². The lowest BCUT2D eigenvalue weighted by Gasteiger charge is -2.28. The lowest BCUT2D eigenvalue weighted by atomic mass is 9.84. The highest BCUT2D eigenvalue weighted by Crippen LogP contribution is 2.34. The maximum absolute atomic E-state index is 13.7. The Balaban J connectivity index is 2.59. The van der Waals surface area contributed by atoms with Crippen molar-refractivity contribution in [3.05, 3.63) is 64.7 Å². The predicted octanol–water partition coefficient (Wildman–Crippen LogP) is 3.50. The Morgan fingerprint density at radius 1 is 1.10 bits per heavy atom. The van der Waals surface area contributed by atoms with Crippen LogP contribution in [0.5, 0.6) is 5.75 Å². The molecule has 0 amide bonds. The normalized spacial score (nSPS) is 13.9. The molecule has 4 heteroatoms. The summed E-state index contributed by atoms with van der Waals surface area (Å²) in [4.78, 5) is 0. The second-order valence-corrected chi connectivity index (χ2v) is 5.01. The minimum atomic E-state index is -1.05. The van der Waals surface area contributed by atoms with Gasteiger partial charge in [-0.2, -0.15) is 0 Å². The Labute approximate surface area is 117 Å². The van der Waals surface area contributed by atoms with Crippen LogP contribution in [-0.4, -0.2) is 7.11 Å². The maximum atomic E-state index is 13.7. The maximum Gasteiger partial charge on any atom is 0.126 e. The summed E-state index contributed by atoms with van der Waals surface area (Å²) >= 11 is 0. The largest absolute Gasteiger partial charge is 0.496 e. The third-order valence-electron chi connectivity index (χ3n) is 3.49. The first-order valence-electron chi connectivity index (χ1n) is 6.26. The van der Waals surface area contributed by atoms with Crippen LogP contribution in [0.4, 0.5) is 8.78 Å². The molecule has 106 valence electrons. The van der Waals surface area contributed by atoms with E-state index in [-0.39, 0.29) is 5.82 Å². The summed E-state index contributed by atoms with van der Waals surface area (Å²) in [5.74, 6) is -0.281. The van der Waals surface area contributed by atoms with Crippen LogP contribution >= 0.6 is 0 Å². The zero-order chi connectivity index (χ0) is 14.9. The van der Waals surface area contributed by atoms with Crippen LogP contribution < -0.4 is 10.5 Å². The Kier molecular flexibility index (Phi) is 3.77. The van der Waals surface area contributed by atoms with E-state index in [4.69, 9.17) is 10.5 Å². The Morgan fingerprint density at radius 2 is 1.80 bits per heavy atom. The molecule has 0 spiro atoms. The van der Waals surface area contributed by atoms with Crippen molar-refractivity contribution in [3.8, 4) is 5.75 Å². The number of methoxy groups -OCH3 is 1. The van der Waals surface area contributed by atoms with Crippen molar-refractivity contribution in [2.24, 2.45) is 5.73 Å². The third kappa shape index (κ3) is 2.51. The van der Waals surface area contributed by atoms with Gasteiger partial charge in [-0.1, -0.05) is 12.1 Å². The van der Waals surface area contributed by atoms with Gasteiger partial charge < -0.3 is 10.5 Å². The zero-order valence-electron chi connectivity index (χ0n) is 11.7. The molecule has 1 atom stereocenters. The lowest BCUT2D eigenvalue weighted by Crippen LogP contribution is -2.35. The van der Waals surface area contributed by atoms with E-state index in [1.165, 1.54) is 31.4 Å². The van der Waals surface area contributed by atoms with E-state index >= 15 is 0 Å². The fraction of sp³-hybridized carbons (Fsp3) is 0.250. The zero-order valence-corrected chi connectivity index (χ0v) is 11.7. The van der Waals surface area contributed by atoms with Crippen LogP contribution in [0.25, 0.3) is 0 Å². The van der Waals surface area contributed by atoms with Crippen LogP contribution in [0.1, 0.15) is 23.6 Å². The van der Waals surface area contributed by atoms with Gasteiger partial charge in [-0.25, -0.2) is 8.78 Å². The first-order valence-corrected chi connectivity index (χ1v) is 6.26. The summed E-state index contributed by atoms with van der Waals surface area (Å²) in [7, 11) is 1.49. The fourth-order valence-electron chi connectivity index (χ4n) is 2.16. The van der Waals surface area contributed by atoms with Crippen molar-refractivity contribution in [3.63, 3.8) is 0 Å². The van der Waals surface area contributed by atoms with Crippen molar-refractivity contribution in [1.82, 2.24) is 0 Å². The number of nitrogens with two attached hydrogens (primary N) is 1. The van der Waals surface area contributed by atoms with Crippen LogP contribution in [0.2, 0.25) is 0 Å². The first-order chi connectivity index (χ1) is 9.36. The van der Waals surface area contributed by atoms with E-state index in [2.05, 4.69) is 0 Å². The average Bonchev–Trinajstić information content (AvgIpc) is 2.41. The van der Waals surface area contributed by atoms with Crippen molar-refractivity contribution in [2.75, 3.05) is 7.11 Å². The van der Waals surface area contributed by atoms with E-state index in [1.54, 1.807) is 26.0 Å². The summed E-state index contributed by atoms with van der Waals surface area (Å²) in [5.41, 5.74) is 6.83. The number of hydrogen-bond donors (Lipinski definition) is 1. The second-order valence-electron chi connectivity index (χ2n) is 5.01. The minimum absolute atomic E-state index is 0.338. The van der Waals surface area contributed by atoms with Crippen molar-refractivity contribution in [1.29, 1.82) is 0 Å². The number of hydrogen-bond acceptors (Lipinski definition) is 2. The van der Waals surface area contributed by atoms with Gasteiger partial charge in [0.1, 0.15) is 17.4 Å². The lowest BCUT2D eigenvalue weighted by molar-refractivity contribution is 0.396. The minimum Gasteiger partial charge on any atom is -0.496 e. The Bertz CT molecular complexity index is 638. The molecule has 0 aromatic heterocycles. The molecule has 0 aliphatic heterocycles. The molecule has 0 fully saturated rings. The van der Waals surface area contributed by atoms with Crippen molar-refractivity contribution < 1.29 is 13.5 Å². The molecule has 0 saturated heterocycles. The third-order valence-corrected chi connectivity index (χ3v) is 3.49. The van der Waals surface area contributed by atoms with Gasteiger partial charge in [0.25, 0.3) is 0 Å². The van der Waals surface area contributed by atoms with Gasteiger partial charge in [0, 0.05) is 5.56 Å². The van der Waals surface area contributed by atoms with Gasteiger partial charge >= 0.3 is 0 Å². The smallest absolute Gasteiger partial charge is 0.126 e. The van der Waals surface area contributed by atoms with Crippen LogP contribution in [0.3, 0.4) is 0 Å². The Morgan fingerprint density at radius 3 is 2.40 bits per heavy atom. The van der Waals surface area contributed by atoms with Gasteiger partial charge in [-0.3, -0.25) is 0 Å². The van der Waals surface area contributed by atoms with E-state index in [0.717, 1.165) is 0 Å². The SMILES string of the molecule is COc1ccc(F)cc1C(C)(N)c1ccc(C)c(F)c1. The predicted molar refractivity (Wildman–Crippen MR) is 74.7 cm³/mol. The first kappa shape index (κ1) is 14.5. The summed E-state index contributed by atoms with van der Waals surface area (Å²) < 4.78 is 32.4. The standard InChI is InChI=1S/C16H17F2NO/c1-10-4-5-11(8-14(10)18)16(2,19)13-9-12(17)6-7-15(13)20-3/h4-9H,19H2,1-3H3. The molecule has 2 rings (SSSR count). The molecule has 0 saturated carbocycles. The molecule has 2 nitrogen and oxygen atoms in total. The molecule has 1 unspecified atom stereocenters. The molecule has 0 heterocycles. The summed E-state index contributed by atoms with van der Waals surface area (Å²) in [6.07, 6.45) is 0. The number of rotatable bonds is 3. The van der Waals surface area contributed by atoms with Crippen molar-refractivity contribution >= 4 is 0 Å². The number of ether oxygens (including phenoxy) is 1. The summed E-state index contributed by atoms with van der Waals surface area (Å²) in [5, 5.41) is 0. The molecular weight excluding hydrogens is 260 g/mol. The molecule has 2 aromatic rings. The topological polar surface area (TPSA) is 35.2 Å². The quantitative estimate of drug-likeness (QED) is 0.932. The second kappa shape index (κ2) is 5.21. The van der Waals surface area contributed by atoms with Gasteiger partial charge in [0.15, 0.2) is 0 Å². The van der Waals surface area contributed by atoms with E-state index < -0.39 is 11.4 Å². The highest BCUT2D eigenvalue weighted by atomic mass is 19.1. The number of halogens is 2. The molecule has 0 radical (unpaired) electrons. The molecule has 0 aliphatic carbocycles. The van der Waals surface area contributed by atoms with E-state index in [1.807, 2.05) is 0 Å². The molecule has 2 N–H and O–H groups in total. The van der Waals surface area contributed by atoms with Gasteiger partial charge in [0.2, 0.25) is 0 Å². The number of benzene rings is 2. The van der Waals surface area contributed by atoms with Gasteiger partial charge in [-0.05, 0) is 49.2 Å². The molecule has 0 aliphatic rings. The van der Waals surface area contributed by atoms with Gasteiger partial charge in [0.05, 0.1) is 12.6 Å². The molecule has 0 bridgehead atoms. The summed E-state index contributed by atoms with van der Waals surface area (Å²) in [6.45, 7) is 3.38. The van der Waals surface area contributed by atoms with Crippen molar-refractivity contribution in [2.45, 2.75) is 19.4 Å². The highest BCUT2D eigenvalue weighted by Gasteiger charge is 2.28.